The minimum atomic E-state index is -0.321. The van der Waals surface area contributed by atoms with E-state index in [2.05, 4.69) is 5.10 Å². The molecule has 6 heteroatoms. The van der Waals surface area contributed by atoms with E-state index in [1.54, 1.807) is 16.8 Å². The van der Waals surface area contributed by atoms with E-state index in [0.29, 0.717) is 17.3 Å². The normalized spacial score (nSPS) is 10.6. The molecule has 0 amide bonds. The van der Waals surface area contributed by atoms with Crippen LogP contribution in [0.5, 0.6) is 0 Å². The van der Waals surface area contributed by atoms with Crippen LogP contribution >= 0.6 is 11.6 Å². The van der Waals surface area contributed by atoms with Crippen molar-refractivity contribution in [3.05, 3.63) is 46.2 Å². The first kappa shape index (κ1) is 15.4. The number of benzene rings is 1. The van der Waals surface area contributed by atoms with Gasteiger partial charge in [0.2, 0.25) is 0 Å². The highest BCUT2D eigenvalue weighted by Gasteiger charge is 2.14. The van der Waals surface area contributed by atoms with Gasteiger partial charge in [-0.2, -0.15) is 5.10 Å². The molecule has 0 saturated heterocycles. The number of rotatable bonds is 5. The fourth-order valence-electron chi connectivity index (χ4n) is 2.08. The molecular weight excluding hydrogens is 290 g/mol. The van der Waals surface area contributed by atoms with Gasteiger partial charge in [-0.25, -0.2) is 0 Å². The highest BCUT2D eigenvalue weighted by atomic mass is 35.5. The van der Waals surface area contributed by atoms with Crippen LogP contribution in [-0.2, 0) is 29.1 Å². The van der Waals surface area contributed by atoms with Gasteiger partial charge in [0.1, 0.15) is 6.61 Å². The molecule has 0 aliphatic rings. The third-order valence-electron chi connectivity index (χ3n) is 3.12. The van der Waals surface area contributed by atoms with Crippen LogP contribution in [0.25, 0.3) is 0 Å². The Morgan fingerprint density at radius 3 is 2.90 bits per heavy atom. The number of nitrogens with two attached hydrogens (primary N) is 1. The van der Waals surface area contributed by atoms with Crippen molar-refractivity contribution in [1.82, 2.24) is 9.78 Å². The van der Waals surface area contributed by atoms with Crippen LogP contribution in [0.15, 0.2) is 24.3 Å². The average Bonchev–Trinajstić information content (AvgIpc) is 2.72. The van der Waals surface area contributed by atoms with E-state index in [9.17, 15) is 4.79 Å². The lowest BCUT2D eigenvalue weighted by atomic mass is 10.1. The van der Waals surface area contributed by atoms with Crippen molar-refractivity contribution >= 4 is 23.3 Å². The molecule has 2 rings (SSSR count). The highest BCUT2D eigenvalue weighted by molar-refractivity contribution is 6.31. The Morgan fingerprint density at radius 2 is 2.24 bits per heavy atom. The van der Waals surface area contributed by atoms with Crippen LogP contribution in [0.1, 0.15) is 23.9 Å². The zero-order valence-corrected chi connectivity index (χ0v) is 12.9. The van der Waals surface area contributed by atoms with Crippen LogP contribution in [0.2, 0.25) is 5.02 Å². The first-order valence-corrected chi connectivity index (χ1v) is 7.11. The zero-order chi connectivity index (χ0) is 15.4. The number of carbonyl (C=O) groups excluding carboxylic acids is 1. The molecular formula is C15H18ClN3O2. The molecule has 0 saturated carbocycles. The summed E-state index contributed by atoms with van der Waals surface area (Å²) >= 11 is 6.17. The van der Waals surface area contributed by atoms with Crippen molar-refractivity contribution < 1.29 is 9.53 Å². The standard InChI is InChI=1S/C15H18ClN3O2/c1-3-19-13(15(16)10(2)18-19)9-21-14(20)8-11-5-4-6-12(17)7-11/h4-7H,3,8-9,17H2,1-2H3. The van der Waals surface area contributed by atoms with E-state index in [-0.39, 0.29) is 19.0 Å². The van der Waals surface area contributed by atoms with Gasteiger partial charge in [-0.05, 0) is 31.5 Å². The Kier molecular flexibility index (Phi) is 4.85. The van der Waals surface area contributed by atoms with E-state index in [0.717, 1.165) is 17.0 Å². The number of aryl methyl sites for hydroxylation is 2. The van der Waals surface area contributed by atoms with Gasteiger partial charge >= 0.3 is 5.97 Å². The summed E-state index contributed by atoms with van der Waals surface area (Å²) in [5.74, 6) is -0.321. The third-order valence-corrected chi connectivity index (χ3v) is 3.61. The van der Waals surface area contributed by atoms with E-state index < -0.39 is 0 Å². The Hall–Kier alpha value is -2.01. The summed E-state index contributed by atoms with van der Waals surface area (Å²) in [5, 5.41) is 4.83. The zero-order valence-electron chi connectivity index (χ0n) is 12.1. The topological polar surface area (TPSA) is 70.1 Å². The quantitative estimate of drug-likeness (QED) is 0.681. The number of esters is 1. The molecule has 0 aliphatic carbocycles. The van der Waals surface area contributed by atoms with Crippen LogP contribution < -0.4 is 5.73 Å². The molecule has 2 N–H and O–H groups in total. The Bertz CT molecular complexity index is 652. The number of nitrogens with zero attached hydrogens (tertiary/aromatic N) is 2. The predicted octanol–water partition coefficient (Wildman–Crippen LogP) is 2.73. The number of hydrogen-bond donors (Lipinski definition) is 1. The largest absolute Gasteiger partial charge is 0.459 e. The molecule has 0 atom stereocenters. The number of ether oxygens (including phenoxy) is 1. The number of anilines is 1. The first-order chi connectivity index (χ1) is 10.0. The van der Waals surface area contributed by atoms with Crippen LogP contribution in [-0.4, -0.2) is 15.7 Å². The molecule has 112 valence electrons. The monoisotopic (exact) mass is 307 g/mol. The van der Waals surface area contributed by atoms with E-state index in [1.807, 2.05) is 26.0 Å². The predicted molar refractivity (Wildman–Crippen MR) is 82.0 cm³/mol. The van der Waals surface area contributed by atoms with Gasteiger partial charge in [-0.1, -0.05) is 23.7 Å². The summed E-state index contributed by atoms with van der Waals surface area (Å²) in [6.45, 7) is 4.58. The molecule has 5 nitrogen and oxygen atoms in total. The van der Waals surface area contributed by atoms with Gasteiger partial charge in [-0.3, -0.25) is 9.48 Å². The van der Waals surface area contributed by atoms with Crippen molar-refractivity contribution in [3.63, 3.8) is 0 Å². The van der Waals surface area contributed by atoms with Crippen LogP contribution in [0.3, 0.4) is 0 Å². The molecule has 0 spiro atoms. The third kappa shape index (κ3) is 3.76. The summed E-state index contributed by atoms with van der Waals surface area (Å²) in [5.41, 5.74) is 8.59. The van der Waals surface area contributed by atoms with E-state index in [4.69, 9.17) is 22.1 Å². The van der Waals surface area contributed by atoms with Gasteiger partial charge in [-0.15, -0.1) is 0 Å². The molecule has 0 radical (unpaired) electrons. The van der Waals surface area contributed by atoms with Gasteiger partial charge in [0.25, 0.3) is 0 Å². The van der Waals surface area contributed by atoms with Crippen molar-refractivity contribution in [1.29, 1.82) is 0 Å². The number of aromatic nitrogens is 2. The Morgan fingerprint density at radius 1 is 1.48 bits per heavy atom. The molecule has 2 aromatic rings. The molecule has 1 aromatic heterocycles. The molecule has 0 fully saturated rings. The van der Waals surface area contributed by atoms with E-state index in [1.165, 1.54) is 0 Å². The van der Waals surface area contributed by atoms with Gasteiger partial charge in [0, 0.05) is 12.2 Å². The molecule has 1 aromatic carbocycles. The molecule has 0 aliphatic heterocycles. The summed E-state index contributed by atoms with van der Waals surface area (Å²) < 4.78 is 7.03. The second-order valence-electron chi connectivity index (χ2n) is 4.74. The Balaban J connectivity index is 1.98. The second kappa shape index (κ2) is 6.63. The van der Waals surface area contributed by atoms with Gasteiger partial charge in [0.15, 0.2) is 0 Å². The summed E-state index contributed by atoms with van der Waals surface area (Å²) in [4.78, 5) is 11.9. The SMILES string of the molecule is CCn1nc(C)c(Cl)c1COC(=O)Cc1cccc(N)c1. The average molecular weight is 308 g/mol. The van der Waals surface area contributed by atoms with Crippen molar-refractivity contribution in [3.8, 4) is 0 Å². The fraction of sp³-hybridized carbons (Fsp3) is 0.333. The second-order valence-corrected chi connectivity index (χ2v) is 5.12. The van der Waals surface area contributed by atoms with Crippen molar-refractivity contribution in [2.45, 2.75) is 33.4 Å². The first-order valence-electron chi connectivity index (χ1n) is 6.73. The number of hydrogen-bond acceptors (Lipinski definition) is 4. The maximum atomic E-state index is 11.9. The van der Waals surface area contributed by atoms with E-state index >= 15 is 0 Å². The number of carbonyl (C=O) groups is 1. The molecule has 21 heavy (non-hydrogen) atoms. The van der Waals surface area contributed by atoms with Crippen molar-refractivity contribution in [2.75, 3.05) is 5.73 Å². The number of halogens is 1. The van der Waals surface area contributed by atoms with Crippen LogP contribution in [0, 0.1) is 6.92 Å². The van der Waals surface area contributed by atoms with Gasteiger partial charge < -0.3 is 10.5 Å². The van der Waals surface area contributed by atoms with Gasteiger partial charge in [0.05, 0.1) is 22.8 Å². The lowest BCUT2D eigenvalue weighted by Gasteiger charge is -2.07. The maximum absolute atomic E-state index is 11.9. The highest BCUT2D eigenvalue weighted by Crippen LogP contribution is 2.21. The fourth-order valence-corrected chi connectivity index (χ4v) is 2.27. The minimum absolute atomic E-state index is 0.120. The minimum Gasteiger partial charge on any atom is -0.459 e. The summed E-state index contributed by atoms with van der Waals surface area (Å²) in [7, 11) is 0. The molecule has 0 bridgehead atoms. The molecule has 1 heterocycles. The lowest BCUT2D eigenvalue weighted by Crippen LogP contribution is -2.11. The lowest BCUT2D eigenvalue weighted by molar-refractivity contribution is -0.144. The molecule has 0 unspecified atom stereocenters. The Labute approximate surface area is 128 Å². The number of nitrogen functional groups attached to an aromatic ring is 1. The van der Waals surface area contributed by atoms with Crippen LogP contribution in [0.4, 0.5) is 5.69 Å². The smallest absolute Gasteiger partial charge is 0.310 e. The van der Waals surface area contributed by atoms with Crippen molar-refractivity contribution in [2.24, 2.45) is 0 Å². The summed E-state index contributed by atoms with van der Waals surface area (Å²) in [6.07, 6.45) is 0.182. The maximum Gasteiger partial charge on any atom is 0.310 e. The summed E-state index contributed by atoms with van der Waals surface area (Å²) in [6, 6.07) is 7.18.